The molecule has 0 aromatic heterocycles. The lowest BCUT2D eigenvalue weighted by atomic mass is 10.3. The molecule has 1 saturated carbocycles. The molecule has 0 saturated heterocycles. The first kappa shape index (κ1) is 9.31. The van der Waals surface area contributed by atoms with Crippen molar-refractivity contribution in [1.29, 1.82) is 0 Å². The number of para-hydroxylation sites is 1. The van der Waals surface area contributed by atoms with Gasteiger partial charge in [0.05, 0.1) is 13.7 Å². The fraction of sp³-hybridized carbons (Fsp3) is 0.455. The zero-order chi connectivity index (χ0) is 9.97. The van der Waals surface area contributed by atoms with E-state index in [-0.39, 0.29) is 11.6 Å². The van der Waals surface area contributed by atoms with Gasteiger partial charge in [-0.05, 0) is 30.9 Å². The van der Waals surface area contributed by atoms with Crippen LogP contribution in [-0.4, -0.2) is 13.7 Å². The van der Waals surface area contributed by atoms with Gasteiger partial charge in [-0.3, -0.25) is 0 Å². The Kier molecular flexibility index (Phi) is 2.57. The van der Waals surface area contributed by atoms with Crippen LogP contribution < -0.4 is 9.47 Å². The quantitative estimate of drug-likeness (QED) is 0.737. The third kappa shape index (κ3) is 1.97. The summed E-state index contributed by atoms with van der Waals surface area (Å²) in [5.41, 5.74) is 0. The molecule has 0 N–H and O–H groups in total. The van der Waals surface area contributed by atoms with Gasteiger partial charge in [0.1, 0.15) is 0 Å². The molecule has 1 aromatic carbocycles. The Morgan fingerprint density at radius 1 is 1.43 bits per heavy atom. The van der Waals surface area contributed by atoms with E-state index in [1.165, 1.54) is 26.0 Å². The smallest absolute Gasteiger partial charge is 0.196 e. The second-order valence-corrected chi connectivity index (χ2v) is 3.53. The van der Waals surface area contributed by atoms with Gasteiger partial charge in [0.2, 0.25) is 0 Å². The van der Waals surface area contributed by atoms with Crippen LogP contribution in [0.3, 0.4) is 0 Å². The largest absolute Gasteiger partial charge is 0.490 e. The zero-order valence-electron chi connectivity index (χ0n) is 8.13. The molecule has 0 atom stereocenters. The summed E-state index contributed by atoms with van der Waals surface area (Å²) in [6, 6.07) is 4.72. The highest BCUT2D eigenvalue weighted by Crippen LogP contribution is 2.33. The van der Waals surface area contributed by atoms with Crippen molar-refractivity contribution in [2.75, 3.05) is 13.7 Å². The summed E-state index contributed by atoms with van der Waals surface area (Å²) < 4.78 is 23.6. The summed E-state index contributed by atoms with van der Waals surface area (Å²) in [7, 11) is 1.45. The molecule has 14 heavy (non-hydrogen) atoms. The van der Waals surface area contributed by atoms with Crippen molar-refractivity contribution in [2.45, 2.75) is 12.8 Å². The van der Waals surface area contributed by atoms with Crippen LogP contribution in [0.15, 0.2) is 18.2 Å². The van der Waals surface area contributed by atoms with Crippen molar-refractivity contribution in [1.82, 2.24) is 0 Å². The summed E-state index contributed by atoms with van der Waals surface area (Å²) in [4.78, 5) is 0. The maximum Gasteiger partial charge on any atom is 0.196 e. The van der Waals surface area contributed by atoms with Crippen LogP contribution >= 0.6 is 0 Å². The van der Waals surface area contributed by atoms with Crippen LogP contribution in [0.1, 0.15) is 12.8 Å². The lowest BCUT2D eigenvalue weighted by Crippen LogP contribution is -2.01. The molecule has 0 aliphatic heterocycles. The van der Waals surface area contributed by atoms with Gasteiger partial charge in [-0.25, -0.2) is 4.39 Å². The van der Waals surface area contributed by atoms with E-state index < -0.39 is 0 Å². The van der Waals surface area contributed by atoms with Crippen LogP contribution in [0.4, 0.5) is 4.39 Å². The highest BCUT2D eigenvalue weighted by atomic mass is 19.1. The molecule has 1 fully saturated rings. The Hall–Kier alpha value is -1.25. The Bertz CT molecular complexity index is 321. The Morgan fingerprint density at radius 3 is 2.86 bits per heavy atom. The van der Waals surface area contributed by atoms with Gasteiger partial charge in [0.25, 0.3) is 0 Å². The monoisotopic (exact) mass is 196 g/mol. The van der Waals surface area contributed by atoms with Crippen molar-refractivity contribution >= 4 is 0 Å². The second kappa shape index (κ2) is 3.86. The standard InChI is InChI=1S/C11H13FO2/c1-13-11-9(12)3-2-4-10(11)14-7-8-5-6-8/h2-4,8H,5-7H2,1H3. The molecule has 0 bridgehead atoms. The average molecular weight is 196 g/mol. The number of methoxy groups -OCH3 is 1. The predicted octanol–water partition coefficient (Wildman–Crippen LogP) is 2.62. The summed E-state index contributed by atoms with van der Waals surface area (Å²) in [6.45, 7) is 0.666. The molecule has 0 heterocycles. The molecule has 1 aliphatic rings. The summed E-state index contributed by atoms with van der Waals surface area (Å²) in [5, 5.41) is 0. The third-order valence-electron chi connectivity index (χ3n) is 2.31. The number of halogens is 1. The molecule has 0 radical (unpaired) electrons. The molecule has 1 aromatic rings. The van der Waals surface area contributed by atoms with Crippen LogP contribution in [0.2, 0.25) is 0 Å². The van der Waals surface area contributed by atoms with E-state index >= 15 is 0 Å². The number of rotatable bonds is 4. The van der Waals surface area contributed by atoms with Gasteiger partial charge < -0.3 is 9.47 Å². The molecule has 0 amide bonds. The van der Waals surface area contributed by atoms with Crippen LogP contribution in [0.5, 0.6) is 11.5 Å². The summed E-state index contributed by atoms with van der Waals surface area (Å²) in [6.07, 6.45) is 2.44. The van der Waals surface area contributed by atoms with E-state index in [1.54, 1.807) is 12.1 Å². The maximum atomic E-state index is 13.2. The van der Waals surface area contributed by atoms with E-state index in [9.17, 15) is 4.39 Å². The van der Waals surface area contributed by atoms with Gasteiger partial charge in [0.15, 0.2) is 17.3 Å². The molecule has 1 aliphatic carbocycles. The van der Waals surface area contributed by atoms with Crippen molar-refractivity contribution in [3.63, 3.8) is 0 Å². The van der Waals surface area contributed by atoms with Crippen molar-refractivity contribution in [3.05, 3.63) is 24.0 Å². The highest BCUT2D eigenvalue weighted by molar-refractivity contribution is 5.40. The predicted molar refractivity (Wildman–Crippen MR) is 51.2 cm³/mol. The normalized spacial score (nSPS) is 15.3. The fourth-order valence-electron chi connectivity index (χ4n) is 1.29. The average Bonchev–Trinajstić information content (AvgIpc) is 2.98. The molecule has 0 unspecified atom stereocenters. The van der Waals surface area contributed by atoms with E-state index in [4.69, 9.17) is 9.47 Å². The van der Waals surface area contributed by atoms with Gasteiger partial charge in [-0.2, -0.15) is 0 Å². The van der Waals surface area contributed by atoms with E-state index in [0.717, 1.165) is 0 Å². The van der Waals surface area contributed by atoms with Gasteiger partial charge >= 0.3 is 0 Å². The lowest BCUT2D eigenvalue weighted by Gasteiger charge is -2.10. The van der Waals surface area contributed by atoms with E-state index in [1.807, 2.05) is 0 Å². The first-order valence-corrected chi connectivity index (χ1v) is 4.76. The van der Waals surface area contributed by atoms with Crippen LogP contribution in [0, 0.1) is 11.7 Å². The minimum absolute atomic E-state index is 0.202. The molecular weight excluding hydrogens is 183 g/mol. The number of hydrogen-bond acceptors (Lipinski definition) is 2. The Balaban J connectivity index is 2.09. The molecule has 0 spiro atoms. The SMILES string of the molecule is COc1c(F)cccc1OCC1CC1. The first-order valence-electron chi connectivity index (χ1n) is 4.76. The van der Waals surface area contributed by atoms with Crippen LogP contribution in [-0.2, 0) is 0 Å². The zero-order valence-corrected chi connectivity index (χ0v) is 8.13. The topological polar surface area (TPSA) is 18.5 Å². The fourth-order valence-corrected chi connectivity index (χ4v) is 1.29. The second-order valence-electron chi connectivity index (χ2n) is 3.53. The van der Waals surface area contributed by atoms with Crippen molar-refractivity contribution in [2.24, 2.45) is 5.92 Å². The summed E-state index contributed by atoms with van der Waals surface area (Å²) >= 11 is 0. The molecule has 2 nitrogen and oxygen atoms in total. The van der Waals surface area contributed by atoms with Gasteiger partial charge in [-0.1, -0.05) is 6.07 Å². The Labute approximate surface area is 82.6 Å². The first-order chi connectivity index (χ1) is 6.81. The van der Waals surface area contributed by atoms with E-state index in [2.05, 4.69) is 0 Å². The maximum absolute atomic E-state index is 13.2. The van der Waals surface area contributed by atoms with Crippen LogP contribution in [0.25, 0.3) is 0 Å². The number of ether oxygens (including phenoxy) is 2. The van der Waals surface area contributed by atoms with Crippen molar-refractivity contribution < 1.29 is 13.9 Å². The summed E-state index contributed by atoms with van der Waals surface area (Å²) in [5.74, 6) is 0.983. The van der Waals surface area contributed by atoms with Gasteiger partial charge in [-0.15, -0.1) is 0 Å². The lowest BCUT2D eigenvalue weighted by molar-refractivity contribution is 0.274. The van der Waals surface area contributed by atoms with Crippen molar-refractivity contribution in [3.8, 4) is 11.5 Å². The number of hydrogen-bond donors (Lipinski definition) is 0. The van der Waals surface area contributed by atoms with E-state index in [0.29, 0.717) is 18.3 Å². The third-order valence-corrected chi connectivity index (χ3v) is 2.31. The molecular formula is C11H13FO2. The molecule has 76 valence electrons. The minimum atomic E-state index is -0.374. The van der Waals surface area contributed by atoms with Gasteiger partial charge in [0, 0.05) is 0 Å². The number of benzene rings is 1. The minimum Gasteiger partial charge on any atom is -0.490 e. The molecule has 2 rings (SSSR count). The highest BCUT2D eigenvalue weighted by Gasteiger charge is 2.22. The Morgan fingerprint density at radius 2 is 2.21 bits per heavy atom. The molecule has 3 heteroatoms.